The van der Waals surface area contributed by atoms with Gasteiger partial charge in [0.15, 0.2) is 0 Å². The van der Waals surface area contributed by atoms with Crippen LogP contribution in [0.1, 0.15) is 12.8 Å². The molecule has 0 aromatic rings. The molecular weight excluding hydrogens is 138 g/mol. The second-order valence-corrected chi connectivity index (χ2v) is 3.05. The lowest BCUT2D eigenvalue weighted by molar-refractivity contribution is -0.00545. The Morgan fingerprint density at radius 2 is 2.18 bits per heavy atom. The van der Waals surface area contributed by atoms with Crippen molar-refractivity contribution in [2.75, 3.05) is 6.54 Å². The number of hydrogen-bond acceptors (Lipinski definition) is 2. The summed E-state index contributed by atoms with van der Waals surface area (Å²) in [4.78, 5) is 5.42. The summed E-state index contributed by atoms with van der Waals surface area (Å²) < 4.78 is 0. The maximum Gasteiger partial charge on any atom is 0.104 e. The molecule has 1 heterocycles. The second-order valence-electron chi connectivity index (χ2n) is 3.05. The van der Waals surface area contributed by atoms with Crippen molar-refractivity contribution >= 4 is 0 Å². The summed E-state index contributed by atoms with van der Waals surface area (Å²) >= 11 is 0. The predicted octanol–water partition coefficient (Wildman–Crippen LogP) is 1.41. The molecule has 2 heteroatoms. The van der Waals surface area contributed by atoms with E-state index in [9.17, 15) is 0 Å². The van der Waals surface area contributed by atoms with Crippen molar-refractivity contribution in [3.05, 3.63) is 24.3 Å². The first-order valence-electron chi connectivity index (χ1n) is 4.20. The highest BCUT2D eigenvalue weighted by Gasteiger charge is 2.21. The van der Waals surface area contributed by atoms with E-state index in [0.717, 1.165) is 6.54 Å². The summed E-state index contributed by atoms with van der Waals surface area (Å²) in [5.41, 5.74) is 2.96. The fraction of sp³-hybridized carbons (Fsp3) is 0.556. The lowest BCUT2D eigenvalue weighted by atomic mass is 9.93. The first-order chi connectivity index (χ1) is 5.47. The van der Waals surface area contributed by atoms with Crippen LogP contribution in [-0.2, 0) is 4.84 Å². The number of allylic oxidation sites excluding steroid dienone is 2. The summed E-state index contributed by atoms with van der Waals surface area (Å²) in [6, 6.07) is 0. The van der Waals surface area contributed by atoms with Crippen LogP contribution in [0.25, 0.3) is 0 Å². The molecule has 1 aliphatic carbocycles. The summed E-state index contributed by atoms with van der Waals surface area (Å²) in [6.07, 6.45) is 11.2. The van der Waals surface area contributed by atoms with Crippen molar-refractivity contribution in [2.24, 2.45) is 5.92 Å². The molecule has 0 radical (unpaired) electrons. The zero-order valence-electron chi connectivity index (χ0n) is 6.49. The number of hydroxylamine groups is 1. The van der Waals surface area contributed by atoms with Gasteiger partial charge in [0.2, 0.25) is 0 Å². The van der Waals surface area contributed by atoms with Crippen molar-refractivity contribution < 1.29 is 4.84 Å². The third-order valence-electron chi connectivity index (χ3n) is 2.23. The van der Waals surface area contributed by atoms with E-state index in [1.165, 1.54) is 12.8 Å². The molecule has 0 bridgehead atoms. The molecule has 60 valence electrons. The average Bonchev–Trinajstić information content (AvgIpc) is 2.28. The molecule has 1 saturated heterocycles. The van der Waals surface area contributed by atoms with Gasteiger partial charge in [0.1, 0.15) is 6.10 Å². The lowest BCUT2D eigenvalue weighted by Crippen LogP contribution is -2.25. The molecule has 2 atom stereocenters. The Hall–Kier alpha value is -0.600. The fourth-order valence-electron chi connectivity index (χ4n) is 1.59. The van der Waals surface area contributed by atoms with Crippen LogP contribution >= 0.6 is 0 Å². The van der Waals surface area contributed by atoms with E-state index in [-0.39, 0.29) is 6.10 Å². The van der Waals surface area contributed by atoms with E-state index in [1.807, 2.05) is 6.08 Å². The topological polar surface area (TPSA) is 21.3 Å². The molecule has 0 amide bonds. The number of fused-ring (bicyclic) bond motifs is 1. The van der Waals surface area contributed by atoms with Gasteiger partial charge in [-0.1, -0.05) is 24.3 Å². The third-order valence-corrected chi connectivity index (χ3v) is 2.23. The van der Waals surface area contributed by atoms with E-state index >= 15 is 0 Å². The summed E-state index contributed by atoms with van der Waals surface area (Å²) in [5, 5.41) is 0. The Kier molecular flexibility index (Phi) is 2.06. The maximum absolute atomic E-state index is 5.42. The van der Waals surface area contributed by atoms with Gasteiger partial charge in [-0.15, -0.1) is 0 Å². The van der Waals surface area contributed by atoms with Crippen LogP contribution in [0.4, 0.5) is 0 Å². The standard InChI is InChI=1S/C9H13NO/c1-2-6-9-8(4-1)5-3-7-10-11-9/h1-2,4,6,8-10H,3,5,7H2. The minimum Gasteiger partial charge on any atom is -0.294 e. The smallest absolute Gasteiger partial charge is 0.104 e. The van der Waals surface area contributed by atoms with E-state index < -0.39 is 0 Å². The van der Waals surface area contributed by atoms with Gasteiger partial charge >= 0.3 is 0 Å². The Morgan fingerprint density at radius 3 is 3.18 bits per heavy atom. The first-order valence-corrected chi connectivity index (χ1v) is 4.20. The molecule has 2 aliphatic rings. The van der Waals surface area contributed by atoms with E-state index in [0.29, 0.717) is 5.92 Å². The largest absolute Gasteiger partial charge is 0.294 e. The molecule has 11 heavy (non-hydrogen) atoms. The number of nitrogens with one attached hydrogen (secondary N) is 1. The van der Waals surface area contributed by atoms with Crippen molar-refractivity contribution in [1.29, 1.82) is 0 Å². The van der Waals surface area contributed by atoms with Crippen LogP contribution in [0.15, 0.2) is 24.3 Å². The minimum atomic E-state index is 0.266. The molecule has 2 nitrogen and oxygen atoms in total. The van der Waals surface area contributed by atoms with Crippen LogP contribution in [0, 0.1) is 5.92 Å². The van der Waals surface area contributed by atoms with Crippen LogP contribution < -0.4 is 5.48 Å². The minimum absolute atomic E-state index is 0.266. The summed E-state index contributed by atoms with van der Waals surface area (Å²) in [5.74, 6) is 0.593. The van der Waals surface area contributed by atoms with Crippen molar-refractivity contribution in [2.45, 2.75) is 18.9 Å². The molecule has 1 fully saturated rings. The molecule has 2 unspecified atom stereocenters. The second kappa shape index (κ2) is 3.20. The molecule has 0 aromatic heterocycles. The first kappa shape index (κ1) is 7.07. The highest BCUT2D eigenvalue weighted by atomic mass is 16.7. The van der Waals surface area contributed by atoms with Gasteiger partial charge in [-0.25, -0.2) is 5.48 Å². The predicted molar refractivity (Wildman–Crippen MR) is 43.9 cm³/mol. The molecular formula is C9H13NO. The summed E-state index contributed by atoms with van der Waals surface area (Å²) in [6.45, 7) is 0.981. The zero-order valence-corrected chi connectivity index (χ0v) is 6.49. The molecule has 0 aromatic carbocycles. The van der Waals surface area contributed by atoms with Crippen LogP contribution in [0.5, 0.6) is 0 Å². The van der Waals surface area contributed by atoms with E-state index in [4.69, 9.17) is 4.84 Å². The average molecular weight is 151 g/mol. The highest BCUT2D eigenvalue weighted by Crippen LogP contribution is 2.21. The van der Waals surface area contributed by atoms with E-state index in [1.54, 1.807) is 0 Å². The molecule has 1 aliphatic heterocycles. The highest BCUT2D eigenvalue weighted by molar-refractivity contribution is 5.15. The molecule has 0 spiro atoms. The Bertz CT molecular complexity index is 166. The third kappa shape index (κ3) is 1.52. The van der Waals surface area contributed by atoms with Crippen LogP contribution in [-0.4, -0.2) is 12.6 Å². The SMILES string of the molecule is C1=CC2CCCNOC2C=C1. The fourth-order valence-corrected chi connectivity index (χ4v) is 1.59. The van der Waals surface area contributed by atoms with Gasteiger partial charge in [0.05, 0.1) is 0 Å². The van der Waals surface area contributed by atoms with Crippen LogP contribution in [0.3, 0.4) is 0 Å². The quantitative estimate of drug-likeness (QED) is 0.565. The normalized spacial score (nSPS) is 36.4. The molecule has 2 rings (SSSR count). The van der Waals surface area contributed by atoms with Crippen molar-refractivity contribution in [3.63, 3.8) is 0 Å². The van der Waals surface area contributed by atoms with Crippen molar-refractivity contribution in [3.8, 4) is 0 Å². The van der Waals surface area contributed by atoms with Crippen molar-refractivity contribution in [1.82, 2.24) is 5.48 Å². The maximum atomic E-state index is 5.42. The van der Waals surface area contributed by atoms with Gasteiger partial charge in [-0.05, 0) is 12.8 Å². The van der Waals surface area contributed by atoms with Crippen LogP contribution in [0.2, 0.25) is 0 Å². The molecule has 1 N–H and O–H groups in total. The van der Waals surface area contributed by atoms with Gasteiger partial charge < -0.3 is 0 Å². The Morgan fingerprint density at radius 1 is 1.27 bits per heavy atom. The summed E-state index contributed by atoms with van der Waals surface area (Å²) in [7, 11) is 0. The zero-order chi connectivity index (χ0) is 7.52. The monoisotopic (exact) mass is 151 g/mol. The Balaban J connectivity index is 2.07. The lowest BCUT2D eigenvalue weighted by Gasteiger charge is -2.19. The van der Waals surface area contributed by atoms with Gasteiger partial charge in [-0.3, -0.25) is 4.84 Å². The number of hydrogen-bond donors (Lipinski definition) is 1. The number of rotatable bonds is 0. The van der Waals surface area contributed by atoms with E-state index in [2.05, 4.69) is 23.7 Å². The van der Waals surface area contributed by atoms with Gasteiger partial charge in [0, 0.05) is 12.5 Å². The van der Waals surface area contributed by atoms with Gasteiger partial charge in [-0.2, -0.15) is 0 Å². The Labute approximate surface area is 66.9 Å². The molecule has 0 saturated carbocycles. The van der Waals surface area contributed by atoms with Gasteiger partial charge in [0.25, 0.3) is 0 Å².